The number of amides is 1. The summed E-state index contributed by atoms with van der Waals surface area (Å²) in [6.07, 6.45) is 1.12. The van der Waals surface area contributed by atoms with Crippen LogP contribution in [0.3, 0.4) is 0 Å². The van der Waals surface area contributed by atoms with E-state index in [2.05, 4.69) is 5.32 Å². The lowest BCUT2D eigenvalue weighted by Crippen LogP contribution is -2.47. The van der Waals surface area contributed by atoms with Gasteiger partial charge < -0.3 is 19.5 Å². The summed E-state index contributed by atoms with van der Waals surface area (Å²) >= 11 is 0. The van der Waals surface area contributed by atoms with Crippen LogP contribution in [0.25, 0.3) is 0 Å². The van der Waals surface area contributed by atoms with Gasteiger partial charge in [0.2, 0.25) is 5.91 Å². The van der Waals surface area contributed by atoms with Gasteiger partial charge in [0, 0.05) is 14.2 Å². The van der Waals surface area contributed by atoms with Gasteiger partial charge in [-0.1, -0.05) is 30.3 Å². The highest BCUT2D eigenvalue weighted by molar-refractivity contribution is 5.83. The molecule has 1 aliphatic heterocycles. The molecule has 1 fully saturated rings. The lowest BCUT2D eigenvalue weighted by atomic mass is 10.2. The van der Waals surface area contributed by atoms with Gasteiger partial charge in [0.25, 0.3) is 0 Å². The fourth-order valence-electron chi connectivity index (χ4n) is 2.83. The van der Waals surface area contributed by atoms with Crippen LogP contribution < -0.4 is 5.32 Å². The highest BCUT2D eigenvalue weighted by Gasteiger charge is 2.32. The quantitative estimate of drug-likeness (QED) is 0.527. The predicted molar refractivity (Wildman–Crippen MR) is 91.6 cm³/mol. The van der Waals surface area contributed by atoms with Crippen molar-refractivity contribution in [1.29, 1.82) is 0 Å². The van der Waals surface area contributed by atoms with Gasteiger partial charge >= 0.3 is 5.97 Å². The molecule has 1 N–H and O–H groups in total. The molecule has 7 heteroatoms. The van der Waals surface area contributed by atoms with E-state index < -0.39 is 6.29 Å². The van der Waals surface area contributed by atoms with Crippen LogP contribution in [0.4, 0.5) is 0 Å². The number of methoxy groups -OCH3 is 2. The van der Waals surface area contributed by atoms with Crippen molar-refractivity contribution in [3.05, 3.63) is 35.9 Å². The average Bonchev–Trinajstić information content (AvgIpc) is 3.09. The molecule has 1 atom stereocenters. The molecule has 0 spiro atoms. The van der Waals surface area contributed by atoms with Crippen molar-refractivity contribution in [2.24, 2.45) is 0 Å². The molecule has 0 radical (unpaired) electrons. The van der Waals surface area contributed by atoms with Crippen LogP contribution in [0.5, 0.6) is 0 Å². The third-order valence-corrected chi connectivity index (χ3v) is 4.21. The number of nitrogens with one attached hydrogen (secondary N) is 1. The van der Waals surface area contributed by atoms with Crippen molar-refractivity contribution in [3.8, 4) is 0 Å². The van der Waals surface area contributed by atoms with Crippen LogP contribution >= 0.6 is 0 Å². The number of esters is 1. The van der Waals surface area contributed by atoms with E-state index in [1.54, 1.807) is 0 Å². The third-order valence-electron chi connectivity index (χ3n) is 4.21. The van der Waals surface area contributed by atoms with Crippen LogP contribution in [0.2, 0.25) is 0 Å². The highest BCUT2D eigenvalue weighted by Crippen LogP contribution is 2.17. The molecule has 1 aromatic rings. The maximum Gasteiger partial charge on any atom is 0.320 e. The van der Waals surface area contributed by atoms with E-state index in [9.17, 15) is 9.59 Å². The zero-order valence-electron chi connectivity index (χ0n) is 14.8. The van der Waals surface area contributed by atoms with E-state index in [-0.39, 0.29) is 37.6 Å². The topological polar surface area (TPSA) is 77.1 Å². The summed E-state index contributed by atoms with van der Waals surface area (Å²) in [6, 6.07) is 9.20. The van der Waals surface area contributed by atoms with E-state index in [1.165, 1.54) is 14.2 Å². The lowest BCUT2D eigenvalue weighted by molar-refractivity contribution is -0.147. The summed E-state index contributed by atoms with van der Waals surface area (Å²) in [5.74, 6) is -0.442. The van der Waals surface area contributed by atoms with E-state index >= 15 is 0 Å². The average molecular weight is 350 g/mol. The summed E-state index contributed by atoms with van der Waals surface area (Å²) in [5.41, 5.74) is 0.941. The molecule has 0 aromatic heterocycles. The van der Waals surface area contributed by atoms with Crippen molar-refractivity contribution < 1.29 is 23.8 Å². The molecule has 1 amide bonds. The molecule has 1 aromatic carbocycles. The van der Waals surface area contributed by atoms with E-state index in [0.717, 1.165) is 18.4 Å². The summed E-state index contributed by atoms with van der Waals surface area (Å²) in [6.45, 7) is 1.34. The van der Waals surface area contributed by atoms with Gasteiger partial charge in [0.05, 0.1) is 19.1 Å². The zero-order chi connectivity index (χ0) is 18.1. The molecule has 25 heavy (non-hydrogen) atoms. The number of hydrogen-bond acceptors (Lipinski definition) is 6. The second kappa shape index (κ2) is 10.1. The molecule has 1 aliphatic rings. The first-order chi connectivity index (χ1) is 12.1. The maximum absolute atomic E-state index is 12.3. The van der Waals surface area contributed by atoms with Crippen molar-refractivity contribution >= 4 is 11.9 Å². The van der Waals surface area contributed by atoms with Crippen LogP contribution in [0.1, 0.15) is 18.4 Å². The minimum absolute atomic E-state index is 0.114. The number of benzene rings is 1. The first kappa shape index (κ1) is 19.4. The largest absolute Gasteiger partial charge is 0.460 e. The first-order valence-corrected chi connectivity index (χ1v) is 8.41. The Morgan fingerprint density at radius 2 is 1.96 bits per heavy atom. The van der Waals surface area contributed by atoms with Crippen molar-refractivity contribution in [1.82, 2.24) is 10.2 Å². The monoisotopic (exact) mass is 350 g/mol. The van der Waals surface area contributed by atoms with Crippen LogP contribution in [0, 0.1) is 0 Å². The number of hydrogen-bond donors (Lipinski definition) is 1. The van der Waals surface area contributed by atoms with Gasteiger partial charge in [-0.25, -0.2) is 0 Å². The van der Waals surface area contributed by atoms with Gasteiger partial charge in [0.1, 0.15) is 6.61 Å². The van der Waals surface area contributed by atoms with Gasteiger partial charge in [-0.05, 0) is 24.9 Å². The van der Waals surface area contributed by atoms with Crippen LogP contribution in [-0.2, 0) is 30.4 Å². The molecule has 0 bridgehead atoms. The SMILES string of the molecule is COC(CNC(=O)[C@H]1CCCN1CC(=O)OCc1ccccc1)OC. The summed E-state index contributed by atoms with van der Waals surface area (Å²) in [7, 11) is 3.04. The second-order valence-corrected chi connectivity index (χ2v) is 5.92. The smallest absolute Gasteiger partial charge is 0.320 e. The van der Waals surface area contributed by atoms with E-state index in [1.807, 2.05) is 35.2 Å². The summed E-state index contributed by atoms with van der Waals surface area (Å²) in [5, 5.41) is 2.80. The molecule has 138 valence electrons. The fraction of sp³-hybridized carbons (Fsp3) is 0.556. The number of nitrogens with zero attached hydrogens (tertiary/aromatic N) is 1. The Hall–Kier alpha value is -1.96. The zero-order valence-corrected chi connectivity index (χ0v) is 14.8. The Morgan fingerprint density at radius 3 is 2.64 bits per heavy atom. The maximum atomic E-state index is 12.3. The minimum Gasteiger partial charge on any atom is -0.460 e. The third kappa shape index (κ3) is 6.12. The predicted octanol–water partition coefficient (Wildman–Crippen LogP) is 0.929. The van der Waals surface area contributed by atoms with Crippen molar-refractivity contribution in [2.75, 3.05) is 33.9 Å². The summed E-state index contributed by atoms with van der Waals surface area (Å²) < 4.78 is 15.4. The molecular formula is C18H26N2O5. The van der Waals surface area contributed by atoms with E-state index in [4.69, 9.17) is 14.2 Å². The van der Waals surface area contributed by atoms with E-state index in [0.29, 0.717) is 6.54 Å². The van der Waals surface area contributed by atoms with Crippen LogP contribution in [-0.4, -0.2) is 63.0 Å². The molecule has 0 aliphatic carbocycles. The Bertz CT molecular complexity index is 548. The number of carbonyl (C=O) groups is 2. The molecule has 7 nitrogen and oxygen atoms in total. The number of likely N-dealkylation sites (tertiary alicyclic amines) is 1. The number of rotatable bonds is 9. The molecule has 2 rings (SSSR count). The normalized spacial score (nSPS) is 17.6. The minimum atomic E-state index is -0.477. The molecule has 1 saturated heterocycles. The Kier molecular flexibility index (Phi) is 7.84. The number of ether oxygens (including phenoxy) is 3. The van der Waals surface area contributed by atoms with Crippen molar-refractivity contribution in [3.63, 3.8) is 0 Å². The van der Waals surface area contributed by atoms with Gasteiger partial charge in [-0.2, -0.15) is 0 Å². The Balaban J connectivity index is 1.78. The van der Waals surface area contributed by atoms with Gasteiger partial charge in [-0.3, -0.25) is 14.5 Å². The highest BCUT2D eigenvalue weighted by atomic mass is 16.7. The van der Waals surface area contributed by atoms with Crippen LogP contribution in [0.15, 0.2) is 30.3 Å². The fourth-order valence-corrected chi connectivity index (χ4v) is 2.83. The second-order valence-electron chi connectivity index (χ2n) is 5.92. The Morgan fingerprint density at radius 1 is 1.24 bits per heavy atom. The van der Waals surface area contributed by atoms with Crippen molar-refractivity contribution in [2.45, 2.75) is 31.8 Å². The number of carbonyl (C=O) groups excluding carboxylic acids is 2. The summed E-state index contributed by atoms with van der Waals surface area (Å²) in [4.78, 5) is 26.3. The molecule has 0 saturated carbocycles. The standard InChI is InChI=1S/C18H26N2O5/c1-23-17(24-2)11-19-18(22)15-9-6-10-20(15)12-16(21)25-13-14-7-4-3-5-8-14/h3-5,7-8,15,17H,6,9-13H2,1-2H3,(H,19,22)/t15-/m1/s1. The Labute approximate surface area is 148 Å². The molecular weight excluding hydrogens is 324 g/mol. The van der Waals surface area contributed by atoms with Gasteiger partial charge in [0.15, 0.2) is 6.29 Å². The lowest BCUT2D eigenvalue weighted by Gasteiger charge is -2.23. The molecule has 0 unspecified atom stereocenters. The van der Waals surface area contributed by atoms with Gasteiger partial charge in [-0.15, -0.1) is 0 Å². The first-order valence-electron chi connectivity index (χ1n) is 8.41. The molecule has 1 heterocycles.